The first-order valence-electron chi connectivity index (χ1n) is 11.5. The number of anilines is 1. The van der Waals surface area contributed by atoms with Crippen LogP contribution in [0.1, 0.15) is 44.6 Å². The van der Waals surface area contributed by atoms with E-state index in [1.165, 1.54) is 41.9 Å². The summed E-state index contributed by atoms with van der Waals surface area (Å²) in [5.74, 6) is 0.353. The van der Waals surface area contributed by atoms with E-state index in [1.54, 1.807) is 0 Å². The van der Waals surface area contributed by atoms with Gasteiger partial charge in [-0.25, -0.2) is 0 Å². The Hall–Kier alpha value is -1.92. The molecule has 2 heterocycles. The van der Waals surface area contributed by atoms with Crippen molar-refractivity contribution in [3.8, 4) is 0 Å². The van der Waals surface area contributed by atoms with E-state index in [0.29, 0.717) is 19.0 Å². The summed E-state index contributed by atoms with van der Waals surface area (Å²) in [6.07, 6.45) is 7.37. The van der Waals surface area contributed by atoms with Crippen LogP contribution in [-0.4, -0.2) is 69.1 Å². The molecular formula is C23H38N4O2+2. The predicted octanol–water partition coefficient (Wildman–Crippen LogP) is -0.236. The Balaban J connectivity index is 1.40. The van der Waals surface area contributed by atoms with E-state index in [9.17, 15) is 9.59 Å². The molecule has 0 radical (unpaired) electrons. The van der Waals surface area contributed by atoms with Crippen LogP contribution >= 0.6 is 0 Å². The van der Waals surface area contributed by atoms with Crippen LogP contribution in [0.25, 0.3) is 0 Å². The summed E-state index contributed by atoms with van der Waals surface area (Å²) in [4.78, 5) is 29.9. The summed E-state index contributed by atoms with van der Waals surface area (Å²) in [6, 6.07) is 7.99. The number of benzene rings is 1. The highest BCUT2D eigenvalue weighted by molar-refractivity contribution is 5.92. The van der Waals surface area contributed by atoms with Crippen molar-refractivity contribution in [3.63, 3.8) is 0 Å². The van der Waals surface area contributed by atoms with Gasteiger partial charge in [0.25, 0.3) is 11.8 Å². The molecule has 2 aliphatic heterocycles. The molecule has 0 unspecified atom stereocenters. The Morgan fingerprint density at radius 1 is 0.897 bits per heavy atom. The van der Waals surface area contributed by atoms with Crippen molar-refractivity contribution in [3.05, 3.63) is 29.8 Å². The van der Waals surface area contributed by atoms with Crippen LogP contribution in [-0.2, 0) is 16.0 Å². The quantitative estimate of drug-likeness (QED) is 0.615. The number of piperazine rings is 1. The highest BCUT2D eigenvalue weighted by atomic mass is 16.2. The fourth-order valence-electron chi connectivity index (χ4n) is 4.53. The van der Waals surface area contributed by atoms with Crippen molar-refractivity contribution < 1.29 is 19.4 Å². The fraction of sp³-hybridized carbons (Fsp3) is 0.652. The lowest BCUT2D eigenvalue weighted by atomic mass is 10.1. The molecule has 3 N–H and O–H groups in total. The van der Waals surface area contributed by atoms with Gasteiger partial charge >= 0.3 is 0 Å². The average molecular weight is 403 g/mol. The number of hydrogen-bond acceptors (Lipinski definition) is 2. The molecule has 1 aromatic rings. The van der Waals surface area contributed by atoms with Crippen molar-refractivity contribution in [2.45, 2.75) is 45.4 Å². The molecule has 3 rings (SSSR count). The monoisotopic (exact) mass is 402 g/mol. The molecule has 0 aliphatic carbocycles. The zero-order valence-electron chi connectivity index (χ0n) is 18.0. The number of carbonyl (C=O) groups is 2. The summed E-state index contributed by atoms with van der Waals surface area (Å²) in [6.45, 7) is 8.71. The van der Waals surface area contributed by atoms with Crippen molar-refractivity contribution in [1.82, 2.24) is 4.90 Å². The van der Waals surface area contributed by atoms with E-state index in [4.69, 9.17) is 0 Å². The number of para-hydroxylation sites is 1. The summed E-state index contributed by atoms with van der Waals surface area (Å²) >= 11 is 0. The molecule has 2 saturated heterocycles. The molecule has 29 heavy (non-hydrogen) atoms. The number of amides is 2. The van der Waals surface area contributed by atoms with Gasteiger partial charge in [0.05, 0.1) is 39.3 Å². The smallest absolute Gasteiger partial charge is 0.279 e. The number of hydrogen-bond donors (Lipinski definition) is 3. The van der Waals surface area contributed by atoms with Gasteiger partial charge in [0.15, 0.2) is 13.1 Å². The minimum atomic E-state index is 0.0609. The van der Waals surface area contributed by atoms with Crippen LogP contribution in [0.5, 0.6) is 0 Å². The third-order valence-corrected chi connectivity index (χ3v) is 6.37. The first-order chi connectivity index (χ1) is 14.2. The first-order valence-corrected chi connectivity index (χ1v) is 11.5. The van der Waals surface area contributed by atoms with Gasteiger partial charge in [0, 0.05) is 5.69 Å². The van der Waals surface area contributed by atoms with E-state index >= 15 is 0 Å². The molecule has 0 saturated carbocycles. The van der Waals surface area contributed by atoms with Crippen LogP contribution in [0.3, 0.4) is 0 Å². The third kappa shape index (κ3) is 6.82. The molecule has 160 valence electrons. The fourth-order valence-corrected chi connectivity index (χ4v) is 4.53. The Morgan fingerprint density at radius 3 is 2.21 bits per heavy atom. The topological polar surface area (TPSA) is 58.3 Å². The number of carbonyl (C=O) groups excluding carboxylic acids is 2. The van der Waals surface area contributed by atoms with Crippen LogP contribution < -0.4 is 15.1 Å². The number of likely N-dealkylation sites (tertiary alicyclic amines) is 1. The van der Waals surface area contributed by atoms with Crippen LogP contribution in [0.4, 0.5) is 5.69 Å². The molecule has 0 bridgehead atoms. The van der Waals surface area contributed by atoms with Gasteiger partial charge in [0.2, 0.25) is 0 Å². The maximum atomic E-state index is 12.7. The molecule has 2 fully saturated rings. The van der Waals surface area contributed by atoms with E-state index in [2.05, 4.69) is 18.3 Å². The molecule has 6 nitrogen and oxygen atoms in total. The Morgan fingerprint density at radius 2 is 1.52 bits per heavy atom. The van der Waals surface area contributed by atoms with E-state index in [1.807, 2.05) is 23.1 Å². The molecule has 2 aliphatic rings. The van der Waals surface area contributed by atoms with Crippen LogP contribution in [0.15, 0.2) is 24.3 Å². The van der Waals surface area contributed by atoms with E-state index in [0.717, 1.165) is 56.9 Å². The number of nitrogens with zero attached hydrogens (tertiary/aromatic N) is 1. The van der Waals surface area contributed by atoms with Gasteiger partial charge in [-0.2, -0.15) is 0 Å². The highest BCUT2D eigenvalue weighted by Crippen LogP contribution is 2.14. The third-order valence-electron chi connectivity index (χ3n) is 6.37. The van der Waals surface area contributed by atoms with Gasteiger partial charge in [-0.05, 0) is 43.7 Å². The molecule has 6 heteroatoms. The normalized spacial score (nSPS) is 19.4. The second kappa shape index (κ2) is 11.3. The zero-order valence-corrected chi connectivity index (χ0v) is 18.0. The number of rotatable bonds is 6. The number of quaternary nitrogens is 2. The maximum absolute atomic E-state index is 12.7. The predicted molar refractivity (Wildman–Crippen MR) is 115 cm³/mol. The minimum absolute atomic E-state index is 0.0609. The summed E-state index contributed by atoms with van der Waals surface area (Å²) in [5.41, 5.74) is 2.09. The molecule has 1 aromatic carbocycles. The Kier molecular flexibility index (Phi) is 8.50. The lowest BCUT2D eigenvalue weighted by Crippen LogP contribution is -3.16. The summed E-state index contributed by atoms with van der Waals surface area (Å²) < 4.78 is 0. The average Bonchev–Trinajstić information content (AvgIpc) is 2.70. The van der Waals surface area contributed by atoms with Crippen molar-refractivity contribution >= 4 is 17.5 Å². The van der Waals surface area contributed by atoms with Gasteiger partial charge in [-0.3, -0.25) is 9.59 Å². The standard InChI is InChI=1S/C23H36N4O2/c1-2-20-10-6-7-11-21(20)24-22(28)18-26-14-16-27(17-15-26)23(29)19-25-12-8-4-3-5-9-13-25/h6-7,10-11H,2-5,8-9,12-19H2,1H3,(H,24,28)/p+2. The number of aryl methyl sites for hydroxylation is 1. The first kappa shape index (κ1) is 21.8. The molecule has 0 aromatic heterocycles. The highest BCUT2D eigenvalue weighted by Gasteiger charge is 2.27. The maximum Gasteiger partial charge on any atom is 0.279 e. The van der Waals surface area contributed by atoms with Crippen LogP contribution in [0.2, 0.25) is 0 Å². The molecule has 2 amide bonds. The zero-order chi connectivity index (χ0) is 20.5. The summed E-state index contributed by atoms with van der Waals surface area (Å²) in [5, 5.41) is 3.06. The Bertz CT molecular complexity index is 663. The van der Waals surface area contributed by atoms with Crippen LogP contribution in [0, 0.1) is 0 Å². The Labute approximate surface area is 175 Å². The largest absolute Gasteiger partial charge is 0.327 e. The van der Waals surface area contributed by atoms with E-state index < -0.39 is 0 Å². The SMILES string of the molecule is CCc1ccccc1NC(=O)C[NH+]1CCN(C(=O)C[NH+]2CCCCCCC2)CC1. The van der Waals surface area contributed by atoms with Gasteiger partial charge in [0.1, 0.15) is 0 Å². The van der Waals surface area contributed by atoms with E-state index in [-0.39, 0.29) is 5.91 Å². The van der Waals surface area contributed by atoms with Gasteiger partial charge < -0.3 is 20.0 Å². The number of nitrogens with one attached hydrogen (secondary N) is 3. The van der Waals surface area contributed by atoms with Gasteiger partial charge in [-0.1, -0.05) is 31.5 Å². The van der Waals surface area contributed by atoms with Crippen molar-refractivity contribution in [1.29, 1.82) is 0 Å². The summed E-state index contributed by atoms with van der Waals surface area (Å²) in [7, 11) is 0. The molecule has 0 spiro atoms. The second-order valence-corrected chi connectivity index (χ2v) is 8.56. The minimum Gasteiger partial charge on any atom is -0.327 e. The molecular weight excluding hydrogens is 364 g/mol. The lowest BCUT2D eigenvalue weighted by molar-refractivity contribution is -0.898. The van der Waals surface area contributed by atoms with Crippen molar-refractivity contribution in [2.75, 3.05) is 57.7 Å². The second-order valence-electron chi connectivity index (χ2n) is 8.56. The lowest BCUT2D eigenvalue weighted by Gasteiger charge is -2.32. The van der Waals surface area contributed by atoms with Crippen molar-refractivity contribution in [2.24, 2.45) is 0 Å². The van der Waals surface area contributed by atoms with Gasteiger partial charge in [-0.15, -0.1) is 0 Å². The molecule has 0 atom stereocenters.